The highest BCUT2D eigenvalue weighted by molar-refractivity contribution is 7.97. The van der Waals surface area contributed by atoms with Crippen LogP contribution in [0, 0.1) is 0 Å². The standard InChI is InChI=1S/C23H20N4S/c1-2-15-27(14-1)28-19-5-3-4-18(16-19)21-6-7-22-23(26-21)20(10-13-25-22)17-8-11-24-12-9-17/h3-13,16H,1-2,14-15H2. The minimum Gasteiger partial charge on any atom is -0.265 e. The number of rotatable bonds is 4. The molecule has 28 heavy (non-hydrogen) atoms. The van der Waals surface area contributed by atoms with Crippen LogP contribution in [-0.4, -0.2) is 32.3 Å². The van der Waals surface area contributed by atoms with Crippen LogP contribution >= 0.6 is 11.9 Å². The molecule has 5 heteroatoms. The van der Waals surface area contributed by atoms with Crippen molar-refractivity contribution in [1.82, 2.24) is 19.3 Å². The van der Waals surface area contributed by atoms with Crippen molar-refractivity contribution in [2.75, 3.05) is 13.1 Å². The third-order valence-corrected chi connectivity index (χ3v) is 6.09. The van der Waals surface area contributed by atoms with Gasteiger partial charge in [-0.2, -0.15) is 0 Å². The predicted molar refractivity (Wildman–Crippen MR) is 115 cm³/mol. The van der Waals surface area contributed by atoms with E-state index in [0.717, 1.165) is 33.4 Å². The van der Waals surface area contributed by atoms with Crippen LogP contribution in [0.15, 0.2) is 78.1 Å². The number of nitrogens with zero attached hydrogens (tertiary/aromatic N) is 4. The molecule has 0 amide bonds. The predicted octanol–water partition coefficient (Wildman–Crippen LogP) is 5.46. The largest absolute Gasteiger partial charge is 0.265 e. The van der Waals surface area contributed by atoms with Gasteiger partial charge in [0.05, 0.1) is 16.7 Å². The molecule has 1 fully saturated rings. The zero-order valence-electron chi connectivity index (χ0n) is 15.5. The molecular weight excluding hydrogens is 364 g/mol. The summed E-state index contributed by atoms with van der Waals surface area (Å²) in [4.78, 5) is 14.9. The van der Waals surface area contributed by atoms with E-state index in [0.29, 0.717) is 0 Å². The number of pyridine rings is 3. The first kappa shape index (κ1) is 17.3. The minimum absolute atomic E-state index is 0.903. The van der Waals surface area contributed by atoms with Crippen LogP contribution in [-0.2, 0) is 0 Å². The van der Waals surface area contributed by atoms with Gasteiger partial charge in [-0.05, 0) is 72.8 Å². The summed E-state index contributed by atoms with van der Waals surface area (Å²) in [5.74, 6) is 0. The summed E-state index contributed by atoms with van der Waals surface area (Å²) in [5, 5.41) is 0. The minimum atomic E-state index is 0.903. The van der Waals surface area contributed by atoms with Crippen LogP contribution in [0.4, 0.5) is 0 Å². The number of fused-ring (bicyclic) bond motifs is 1. The van der Waals surface area contributed by atoms with Crippen molar-refractivity contribution in [3.8, 4) is 22.4 Å². The quantitative estimate of drug-likeness (QED) is 0.437. The highest BCUT2D eigenvalue weighted by Crippen LogP contribution is 2.31. The zero-order valence-corrected chi connectivity index (χ0v) is 16.3. The highest BCUT2D eigenvalue weighted by Gasteiger charge is 2.14. The van der Waals surface area contributed by atoms with Crippen LogP contribution < -0.4 is 0 Å². The molecule has 0 bridgehead atoms. The summed E-state index contributed by atoms with van der Waals surface area (Å²) >= 11 is 1.85. The van der Waals surface area contributed by atoms with Crippen LogP contribution in [0.25, 0.3) is 33.4 Å². The summed E-state index contributed by atoms with van der Waals surface area (Å²) < 4.78 is 2.44. The van der Waals surface area contributed by atoms with Crippen molar-refractivity contribution in [3.63, 3.8) is 0 Å². The Morgan fingerprint density at radius 1 is 0.821 bits per heavy atom. The van der Waals surface area contributed by atoms with Crippen molar-refractivity contribution in [1.29, 1.82) is 0 Å². The molecule has 5 rings (SSSR count). The second kappa shape index (κ2) is 7.70. The van der Waals surface area contributed by atoms with Gasteiger partial charge in [0.1, 0.15) is 0 Å². The molecule has 0 radical (unpaired) electrons. The van der Waals surface area contributed by atoms with Gasteiger partial charge >= 0.3 is 0 Å². The SMILES string of the molecule is c1cc(SN2CCCC2)cc(-c2ccc3nccc(-c4ccncc4)c3n2)c1. The van der Waals surface area contributed by atoms with E-state index in [1.807, 2.05) is 48.7 Å². The van der Waals surface area contributed by atoms with Gasteiger partial charge in [-0.25, -0.2) is 9.29 Å². The topological polar surface area (TPSA) is 41.9 Å². The molecule has 0 atom stereocenters. The van der Waals surface area contributed by atoms with Crippen LogP contribution in [0.3, 0.4) is 0 Å². The van der Waals surface area contributed by atoms with E-state index in [1.54, 1.807) is 0 Å². The number of aromatic nitrogens is 3. The molecule has 1 saturated heterocycles. The van der Waals surface area contributed by atoms with Gasteiger partial charge in [0.2, 0.25) is 0 Å². The lowest BCUT2D eigenvalue weighted by Crippen LogP contribution is -2.08. The third-order valence-electron chi connectivity index (χ3n) is 5.00. The van der Waals surface area contributed by atoms with Gasteiger partial charge in [-0.3, -0.25) is 9.97 Å². The molecule has 138 valence electrons. The van der Waals surface area contributed by atoms with Gasteiger partial charge < -0.3 is 0 Å². The second-order valence-electron chi connectivity index (χ2n) is 6.91. The van der Waals surface area contributed by atoms with Crippen LogP contribution in [0.2, 0.25) is 0 Å². The average molecular weight is 385 g/mol. The van der Waals surface area contributed by atoms with E-state index in [2.05, 4.69) is 50.7 Å². The lowest BCUT2D eigenvalue weighted by molar-refractivity contribution is 0.586. The summed E-state index contributed by atoms with van der Waals surface area (Å²) in [5.41, 5.74) is 6.11. The van der Waals surface area contributed by atoms with E-state index < -0.39 is 0 Å². The normalized spacial score (nSPS) is 14.6. The molecule has 3 aromatic heterocycles. The Hall–Kier alpha value is -2.76. The second-order valence-corrected chi connectivity index (χ2v) is 8.08. The average Bonchev–Trinajstić information content (AvgIpc) is 3.27. The molecule has 4 heterocycles. The number of benzene rings is 1. The molecule has 0 unspecified atom stereocenters. The molecule has 4 aromatic rings. The Kier molecular flexibility index (Phi) is 4.77. The fourth-order valence-corrected chi connectivity index (χ4v) is 4.65. The fourth-order valence-electron chi connectivity index (χ4n) is 3.59. The lowest BCUT2D eigenvalue weighted by atomic mass is 10.0. The maximum Gasteiger partial charge on any atom is 0.0972 e. The fraction of sp³-hybridized carbons (Fsp3) is 0.174. The first-order chi connectivity index (χ1) is 13.9. The van der Waals surface area contributed by atoms with E-state index in [4.69, 9.17) is 4.98 Å². The maximum atomic E-state index is 4.99. The molecule has 4 nitrogen and oxygen atoms in total. The monoisotopic (exact) mass is 384 g/mol. The summed E-state index contributed by atoms with van der Waals surface area (Å²) in [6, 6.07) is 18.8. The summed E-state index contributed by atoms with van der Waals surface area (Å²) in [6.45, 7) is 2.34. The molecule has 1 aliphatic heterocycles. The molecule has 0 aliphatic carbocycles. The van der Waals surface area contributed by atoms with Crippen LogP contribution in [0.1, 0.15) is 12.8 Å². The molecule has 0 N–H and O–H groups in total. The van der Waals surface area contributed by atoms with Crippen molar-refractivity contribution >= 4 is 23.0 Å². The van der Waals surface area contributed by atoms with Crippen molar-refractivity contribution in [2.24, 2.45) is 0 Å². The van der Waals surface area contributed by atoms with Crippen molar-refractivity contribution < 1.29 is 0 Å². The van der Waals surface area contributed by atoms with Crippen LogP contribution in [0.5, 0.6) is 0 Å². The molecule has 0 spiro atoms. The van der Waals surface area contributed by atoms with Gasteiger partial charge in [0.25, 0.3) is 0 Å². The van der Waals surface area contributed by atoms with Crippen molar-refractivity contribution in [3.05, 3.63) is 73.2 Å². The number of hydrogen-bond acceptors (Lipinski definition) is 5. The van der Waals surface area contributed by atoms with Gasteiger partial charge in [0.15, 0.2) is 0 Å². The Morgan fingerprint density at radius 3 is 2.54 bits per heavy atom. The van der Waals surface area contributed by atoms with E-state index in [-0.39, 0.29) is 0 Å². The molecule has 1 aromatic carbocycles. The number of hydrogen-bond donors (Lipinski definition) is 0. The van der Waals surface area contributed by atoms with Gasteiger partial charge in [0, 0.05) is 47.7 Å². The first-order valence-corrected chi connectivity index (χ1v) is 10.3. The third kappa shape index (κ3) is 3.51. The molecule has 0 saturated carbocycles. The van der Waals surface area contributed by atoms with Gasteiger partial charge in [-0.15, -0.1) is 0 Å². The zero-order chi connectivity index (χ0) is 18.8. The maximum absolute atomic E-state index is 4.99. The van der Waals surface area contributed by atoms with E-state index >= 15 is 0 Å². The van der Waals surface area contributed by atoms with Gasteiger partial charge in [-0.1, -0.05) is 12.1 Å². The highest BCUT2D eigenvalue weighted by atomic mass is 32.2. The van der Waals surface area contributed by atoms with Crippen molar-refractivity contribution in [2.45, 2.75) is 17.7 Å². The Labute approximate surface area is 168 Å². The lowest BCUT2D eigenvalue weighted by Gasteiger charge is -2.14. The Balaban J connectivity index is 1.55. The first-order valence-electron chi connectivity index (χ1n) is 9.56. The summed E-state index contributed by atoms with van der Waals surface area (Å²) in [6.07, 6.45) is 8.05. The molecular formula is C23H20N4S. The molecule has 1 aliphatic rings. The Morgan fingerprint density at radius 2 is 1.68 bits per heavy atom. The Bertz CT molecular complexity index is 1110. The van der Waals surface area contributed by atoms with E-state index in [9.17, 15) is 0 Å². The summed E-state index contributed by atoms with van der Waals surface area (Å²) in [7, 11) is 0. The van der Waals surface area contributed by atoms with E-state index in [1.165, 1.54) is 30.8 Å². The smallest absolute Gasteiger partial charge is 0.0972 e.